The molecule has 0 bridgehead atoms. The van der Waals surface area contributed by atoms with E-state index in [0.717, 1.165) is 0 Å². The first-order valence-electron chi connectivity index (χ1n) is 6.63. The molecule has 1 aliphatic heterocycles. The molecule has 1 fully saturated rings. The molecular formula is C12H17N5O4. The number of rotatable bonds is 2. The Kier molecular flexibility index (Phi) is 3.72. The van der Waals surface area contributed by atoms with E-state index in [0.29, 0.717) is 11.2 Å². The van der Waals surface area contributed by atoms with Crippen LogP contribution >= 0.6 is 0 Å². The Hall–Kier alpha value is -1.81. The fourth-order valence-corrected chi connectivity index (χ4v) is 2.62. The number of imidazole rings is 1. The predicted octanol–water partition coefficient (Wildman–Crippen LogP) is -1.55. The van der Waals surface area contributed by atoms with Crippen molar-refractivity contribution in [1.29, 1.82) is 0 Å². The summed E-state index contributed by atoms with van der Waals surface area (Å²) in [5.41, 5.74) is 6.65. The maximum atomic E-state index is 10.4. The number of nitrogen functional groups attached to an aromatic ring is 1. The predicted molar refractivity (Wildman–Crippen MR) is 72.2 cm³/mol. The second kappa shape index (κ2) is 5.53. The zero-order chi connectivity index (χ0) is 15.0. The lowest BCUT2D eigenvalue weighted by Crippen LogP contribution is -2.37. The van der Waals surface area contributed by atoms with E-state index in [1.54, 1.807) is 4.57 Å². The summed E-state index contributed by atoms with van der Waals surface area (Å²) in [6, 6.07) is -0.529. The van der Waals surface area contributed by atoms with Crippen LogP contribution in [0.3, 0.4) is 0 Å². The van der Waals surface area contributed by atoms with Crippen LogP contribution in [0.25, 0.3) is 11.2 Å². The molecule has 0 spiro atoms. The number of aliphatic hydroxyl groups is 3. The van der Waals surface area contributed by atoms with Gasteiger partial charge in [-0.1, -0.05) is 0 Å². The average molecular weight is 295 g/mol. The molecule has 9 nitrogen and oxygen atoms in total. The molecular weight excluding hydrogens is 278 g/mol. The van der Waals surface area contributed by atoms with Gasteiger partial charge in [-0.3, -0.25) is 0 Å². The van der Waals surface area contributed by atoms with Gasteiger partial charge in [-0.25, -0.2) is 15.0 Å². The van der Waals surface area contributed by atoms with Crippen molar-refractivity contribution in [2.75, 3.05) is 18.9 Å². The van der Waals surface area contributed by atoms with E-state index in [-0.39, 0.29) is 25.5 Å². The number of ether oxygens (including phenoxy) is 1. The maximum absolute atomic E-state index is 10.4. The Balaban J connectivity index is 2.04. The van der Waals surface area contributed by atoms with E-state index < -0.39 is 24.4 Å². The van der Waals surface area contributed by atoms with Gasteiger partial charge in [0.05, 0.1) is 31.7 Å². The average Bonchev–Trinajstić information content (AvgIpc) is 2.84. The minimum atomic E-state index is -0.999. The van der Waals surface area contributed by atoms with Gasteiger partial charge in [-0.2, -0.15) is 0 Å². The Labute approximate surface area is 120 Å². The third kappa shape index (κ3) is 2.44. The first kappa shape index (κ1) is 14.1. The van der Waals surface area contributed by atoms with Crippen molar-refractivity contribution in [2.45, 2.75) is 30.8 Å². The highest BCUT2D eigenvalue weighted by Crippen LogP contribution is 2.29. The molecule has 0 amide bonds. The van der Waals surface area contributed by atoms with Crippen LogP contribution in [0.4, 0.5) is 5.82 Å². The first-order chi connectivity index (χ1) is 10.1. The van der Waals surface area contributed by atoms with Crippen molar-refractivity contribution in [1.82, 2.24) is 19.5 Å². The molecule has 0 unspecified atom stereocenters. The molecule has 0 radical (unpaired) electrons. The molecule has 4 atom stereocenters. The van der Waals surface area contributed by atoms with Crippen LogP contribution in [0.5, 0.6) is 0 Å². The van der Waals surface area contributed by atoms with Crippen molar-refractivity contribution < 1.29 is 20.1 Å². The summed E-state index contributed by atoms with van der Waals surface area (Å²) in [7, 11) is 0. The molecule has 2 aromatic rings. The normalized spacial score (nSPS) is 30.4. The Morgan fingerprint density at radius 1 is 1.33 bits per heavy atom. The highest BCUT2D eigenvalue weighted by Gasteiger charge is 2.35. The van der Waals surface area contributed by atoms with E-state index in [1.807, 2.05) is 0 Å². The summed E-state index contributed by atoms with van der Waals surface area (Å²) in [6.07, 6.45) is 0.542. The second-order valence-corrected chi connectivity index (χ2v) is 5.08. The number of fused-ring (bicyclic) bond motifs is 1. The van der Waals surface area contributed by atoms with Crippen LogP contribution in [0.1, 0.15) is 12.5 Å². The molecule has 2 aromatic heterocycles. The number of aromatic nitrogens is 4. The fourth-order valence-electron chi connectivity index (χ4n) is 2.62. The number of nitrogens with zero attached hydrogens (tertiary/aromatic N) is 4. The van der Waals surface area contributed by atoms with Crippen molar-refractivity contribution >= 4 is 17.0 Å². The van der Waals surface area contributed by atoms with E-state index in [9.17, 15) is 15.3 Å². The fraction of sp³-hybridized carbons (Fsp3) is 0.583. The molecule has 0 aromatic carbocycles. The molecule has 0 saturated carbocycles. The van der Waals surface area contributed by atoms with E-state index in [2.05, 4.69) is 15.0 Å². The largest absolute Gasteiger partial charge is 0.394 e. The molecule has 0 aliphatic carbocycles. The number of nitrogens with two attached hydrogens (primary N) is 1. The topological polar surface area (TPSA) is 140 Å². The zero-order valence-corrected chi connectivity index (χ0v) is 11.2. The van der Waals surface area contributed by atoms with Gasteiger partial charge in [0.25, 0.3) is 0 Å². The van der Waals surface area contributed by atoms with Gasteiger partial charge >= 0.3 is 0 Å². The highest BCUT2D eigenvalue weighted by molar-refractivity contribution is 5.81. The lowest BCUT2D eigenvalue weighted by molar-refractivity contribution is -0.0735. The van der Waals surface area contributed by atoms with Crippen LogP contribution in [-0.4, -0.2) is 66.4 Å². The summed E-state index contributed by atoms with van der Waals surface area (Å²) in [5.74, 6) is 0.248. The van der Waals surface area contributed by atoms with E-state index >= 15 is 0 Å². The molecule has 1 saturated heterocycles. The summed E-state index contributed by atoms with van der Waals surface area (Å²) >= 11 is 0. The summed E-state index contributed by atoms with van der Waals surface area (Å²) < 4.78 is 6.94. The Morgan fingerprint density at radius 2 is 2.14 bits per heavy atom. The van der Waals surface area contributed by atoms with Gasteiger partial charge in [0.2, 0.25) is 0 Å². The highest BCUT2D eigenvalue weighted by atomic mass is 16.5. The Bertz CT molecular complexity index is 633. The smallest absolute Gasteiger partial charge is 0.165 e. The van der Waals surface area contributed by atoms with Crippen molar-refractivity contribution in [3.05, 3.63) is 12.7 Å². The van der Waals surface area contributed by atoms with E-state index in [4.69, 9.17) is 10.5 Å². The van der Waals surface area contributed by atoms with Crippen LogP contribution in [0.15, 0.2) is 12.7 Å². The molecule has 5 N–H and O–H groups in total. The summed E-state index contributed by atoms with van der Waals surface area (Å²) in [5, 5.41) is 29.6. The quantitative estimate of drug-likeness (QED) is 0.522. The SMILES string of the molecule is Nc1ncnc2c1ncn2[C@@H]1C[C@H](O)CO[C@@H](CO)[C@H]1O. The zero-order valence-electron chi connectivity index (χ0n) is 11.2. The van der Waals surface area contributed by atoms with Crippen LogP contribution in [0.2, 0.25) is 0 Å². The minimum Gasteiger partial charge on any atom is -0.394 e. The Morgan fingerprint density at radius 3 is 2.90 bits per heavy atom. The van der Waals surface area contributed by atoms with Gasteiger partial charge < -0.3 is 30.4 Å². The van der Waals surface area contributed by atoms with Crippen LogP contribution in [0, 0.1) is 0 Å². The first-order valence-corrected chi connectivity index (χ1v) is 6.63. The molecule has 1 aliphatic rings. The molecule has 3 rings (SSSR count). The number of anilines is 1. The molecule has 3 heterocycles. The van der Waals surface area contributed by atoms with Gasteiger partial charge in [-0.15, -0.1) is 0 Å². The summed E-state index contributed by atoms with van der Waals surface area (Å²) in [4.78, 5) is 12.1. The van der Waals surface area contributed by atoms with Gasteiger partial charge in [0, 0.05) is 0 Å². The van der Waals surface area contributed by atoms with Crippen molar-refractivity contribution in [3.8, 4) is 0 Å². The second-order valence-electron chi connectivity index (χ2n) is 5.08. The minimum absolute atomic E-state index is 0.0581. The van der Waals surface area contributed by atoms with Crippen molar-refractivity contribution in [2.24, 2.45) is 0 Å². The molecule has 114 valence electrons. The van der Waals surface area contributed by atoms with Gasteiger partial charge in [-0.05, 0) is 6.42 Å². The maximum Gasteiger partial charge on any atom is 0.165 e. The van der Waals surface area contributed by atoms with Crippen molar-refractivity contribution in [3.63, 3.8) is 0 Å². The number of aliphatic hydroxyl groups excluding tert-OH is 3. The lowest BCUT2D eigenvalue weighted by Gasteiger charge is -2.26. The monoisotopic (exact) mass is 295 g/mol. The third-order valence-electron chi connectivity index (χ3n) is 3.72. The van der Waals surface area contributed by atoms with Crippen LogP contribution < -0.4 is 5.73 Å². The van der Waals surface area contributed by atoms with Gasteiger partial charge in [0.15, 0.2) is 11.5 Å². The summed E-state index contributed by atoms with van der Waals surface area (Å²) in [6.45, 7) is -0.281. The van der Waals surface area contributed by atoms with E-state index in [1.165, 1.54) is 12.7 Å². The third-order valence-corrected chi connectivity index (χ3v) is 3.72. The number of hydrogen-bond acceptors (Lipinski definition) is 8. The van der Waals surface area contributed by atoms with Crippen LogP contribution in [-0.2, 0) is 4.74 Å². The standard InChI is InChI=1S/C12H17N5O4/c13-11-9-12(15-4-14-11)17(5-16-9)7-1-6(19)3-21-8(2-18)10(7)20/h4-8,10,18-20H,1-3H2,(H2,13,14,15)/t6-,7+,8-,10-/m0/s1. The molecule has 9 heteroatoms. The molecule has 21 heavy (non-hydrogen) atoms. The van der Waals surface area contributed by atoms with Gasteiger partial charge in [0.1, 0.15) is 24.1 Å². The number of hydrogen-bond donors (Lipinski definition) is 4. The lowest BCUT2D eigenvalue weighted by atomic mass is 10.0.